The summed E-state index contributed by atoms with van der Waals surface area (Å²) in [4.78, 5) is 30.3. The van der Waals surface area contributed by atoms with Crippen LogP contribution in [-0.4, -0.2) is 21.5 Å². The molecule has 0 fully saturated rings. The molecular weight excluding hydrogens is 276 g/mol. The molecule has 4 heteroatoms. The number of aryl methyl sites for hydroxylation is 1. The van der Waals surface area contributed by atoms with Gasteiger partial charge in [0.15, 0.2) is 0 Å². The van der Waals surface area contributed by atoms with Gasteiger partial charge < -0.3 is 4.98 Å². The number of imidazole rings is 1. The first-order valence-corrected chi connectivity index (χ1v) is 6.83. The highest BCUT2D eigenvalue weighted by Gasteiger charge is 2.16. The number of rotatable bonds is 3. The van der Waals surface area contributed by atoms with Crippen LogP contribution >= 0.6 is 0 Å². The van der Waals surface area contributed by atoms with Crippen molar-refractivity contribution in [2.24, 2.45) is 0 Å². The molecule has 0 radical (unpaired) electrons. The summed E-state index contributed by atoms with van der Waals surface area (Å²) in [6.45, 7) is 1.92. The Morgan fingerprint density at radius 2 is 1.27 bits per heavy atom. The molecule has 110 valence electrons. The fourth-order valence-electron chi connectivity index (χ4n) is 1.79. The van der Waals surface area contributed by atoms with E-state index in [9.17, 15) is 9.59 Å². The van der Waals surface area contributed by atoms with Crippen LogP contribution in [0.1, 0.15) is 26.5 Å². The maximum absolute atomic E-state index is 11.8. The largest absolute Gasteiger partial charge is 0.349 e. The second-order valence-corrected chi connectivity index (χ2v) is 4.56. The average Bonchev–Trinajstić information content (AvgIpc) is 3.07. The van der Waals surface area contributed by atoms with Crippen molar-refractivity contribution in [2.75, 3.05) is 0 Å². The summed E-state index contributed by atoms with van der Waals surface area (Å²) in [6, 6.07) is 17.2. The van der Waals surface area contributed by atoms with Gasteiger partial charge in [0.25, 0.3) is 0 Å². The number of aromatic amines is 1. The lowest BCUT2D eigenvalue weighted by atomic mass is 10.0. The number of nitrogens with zero attached hydrogens (tertiary/aromatic N) is 1. The predicted octanol–water partition coefficient (Wildman–Crippen LogP) is 3.47. The van der Waals surface area contributed by atoms with Gasteiger partial charge in [0.1, 0.15) is 5.82 Å². The van der Waals surface area contributed by atoms with Crippen LogP contribution in [0.25, 0.3) is 0 Å². The van der Waals surface area contributed by atoms with Crippen LogP contribution in [-0.2, 0) is 0 Å². The van der Waals surface area contributed by atoms with E-state index < -0.39 is 11.6 Å². The molecule has 1 heterocycles. The minimum absolute atomic E-state index is 0.427. The van der Waals surface area contributed by atoms with Crippen LogP contribution in [0.4, 0.5) is 0 Å². The maximum atomic E-state index is 11.8. The fourth-order valence-corrected chi connectivity index (χ4v) is 1.79. The van der Waals surface area contributed by atoms with Crippen molar-refractivity contribution < 1.29 is 9.59 Å². The molecule has 4 nitrogen and oxygen atoms in total. The van der Waals surface area contributed by atoms with Gasteiger partial charge in [-0.3, -0.25) is 9.59 Å². The standard InChI is InChI=1S/C14H10O2.C4H6N2/c15-13(11-7-3-1-4-8-11)14(16)12-9-5-2-6-10-12;1-4-5-2-3-6-4/h1-10H;2-3H,1H3,(H,5,6). The smallest absolute Gasteiger partial charge is 0.233 e. The van der Waals surface area contributed by atoms with Crippen LogP contribution < -0.4 is 0 Å². The number of H-pyrrole nitrogens is 1. The Hall–Kier alpha value is -3.01. The van der Waals surface area contributed by atoms with Crippen LogP contribution in [0, 0.1) is 6.92 Å². The molecule has 1 aromatic heterocycles. The number of ketones is 2. The first-order valence-electron chi connectivity index (χ1n) is 6.83. The highest BCUT2D eigenvalue weighted by atomic mass is 16.2. The van der Waals surface area contributed by atoms with Crippen molar-refractivity contribution in [3.63, 3.8) is 0 Å². The molecule has 0 spiro atoms. The van der Waals surface area contributed by atoms with E-state index in [0.717, 1.165) is 5.82 Å². The number of hydrogen-bond donors (Lipinski definition) is 1. The molecule has 0 aliphatic carbocycles. The molecular formula is C18H16N2O2. The van der Waals surface area contributed by atoms with Crippen LogP contribution in [0.15, 0.2) is 73.1 Å². The minimum atomic E-state index is -0.466. The van der Waals surface area contributed by atoms with Gasteiger partial charge in [0.05, 0.1) is 0 Å². The third-order valence-electron chi connectivity index (χ3n) is 2.91. The highest BCUT2D eigenvalue weighted by molar-refractivity contribution is 6.49. The molecule has 0 unspecified atom stereocenters. The number of hydrogen-bond acceptors (Lipinski definition) is 3. The lowest BCUT2D eigenvalue weighted by Crippen LogP contribution is -2.14. The van der Waals surface area contributed by atoms with E-state index >= 15 is 0 Å². The van der Waals surface area contributed by atoms with E-state index in [1.54, 1.807) is 60.9 Å². The lowest BCUT2D eigenvalue weighted by molar-refractivity contribution is 0.0817. The van der Waals surface area contributed by atoms with Gasteiger partial charge in [-0.15, -0.1) is 0 Å². The van der Waals surface area contributed by atoms with Crippen molar-refractivity contribution in [3.05, 3.63) is 90.0 Å². The third-order valence-corrected chi connectivity index (χ3v) is 2.91. The second kappa shape index (κ2) is 7.69. The molecule has 0 atom stereocenters. The molecule has 3 rings (SSSR count). The van der Waals surface area contributed by atoms with Gasteiger partial charge >= 0.3 is 0 Å². The molecule has 0 saturated carbocycles. The number of aromatic nitrogens is 2. The molecule has 0 amide bonds. The Morgan fingerprint density at radius 1 is 0.818 bits per heavy atom. The molecule has 0 saturated heterocycles. The number of carbonyl (C=O) groups is 2. The SMILES string of the molecule is Cc1ncc[nH]1.O=C(C(=O)c1ccccc1)c1ccccc1. The van der Waals surface area contributed by atoms with Gasteiger partial charge in [0.2, 0.25) is 11.6 Å². The van der Waals surface area contributed by atoms with Crippen molar-refractivity contribution in [1.29, 1.82) is 0 Å². The van der Waals surface area contributed by atoms with Crippen molar-refractivity contribution in [2.45, 2.75) is 6.92 Å². The fraction of sp³-hybridized carbons (Fsp3) is 0.0556. The summed E-state index contributed by atoms with van der Waals surface area (Å²) in [5.74, 6) is 0.0357. The zero-order chi connectivity index (χ0) is 15.8. The molecule has 22 heavy (non-hydrogen) atoms. The topological polar surface area (TPSA) is 62.8 Å². The Bertz CT molecular complexity index is 671. The van der Waals surface area contributed by atoms with E-state index in [-0.39, 0.29) is 0 Å². The molecule has 0 aliphatic heterocycles. The van der Waals surface area contributed by atoms with Gasteiger partial charge in [-0.25, -0.2) is 4.98 Å². The van der Waals surface area contributed by atoms with Crippen LogP contribution in [0.5, 0.6) is 0 Å². The molecule has 1 N–H and O–H groups in total. The normalized spacial score (nSPS) is 9.50. The van der Waals surface area contributed by atoms with Crippen LogP contribution in [0.2, 0.25) is 0 Å². The quantitative estimate of drug-likeness (QED) is 0.594. The molecule has 3 aromatic rings. The van der Waals surface area contributed by atoms with E-state index in [2.05, 4.69) is 9.97 Å². The zero-order valence-corrected chi connectivity index (χ0v) is 12.2. The first-order chi connectivity index (χ1) is 10.7. The summed E-state index contributed by atoms with van der Waals surface area (Å²) in [6.07, 6.45) is 3.53. The van der Waals surface area contributed by atoms with E-state index in [0.29, 0.717) is 11.1 Å². The van der Waals surface area contributed by atoms with E-state index in [1.807, 2.05) is 19.1 Å². The molecule has 0 aliphatic rings. The Kier molecular flexibility index (Phi) is 5.37. The Labute approximate surface area is 128 Å². The molecule has 0 bridgehead atoms. The van der Waals surface area contributed by atoms with E-state index in [4.69, 9.17) is 0 Å². The maximum Gasteiger partial charge on any atom is 0.233 e. The summed E-state index contributed by atoms with van der Waals surface area (Å²) < 4.78 is 0. The number of nitrogens with one attached hydrogen (secondary N) is 1. The van der Waals surface area contributed by atoms with E-state index in [1.165, 1.54) is 0 Å². The highest BCUT2D eigenvalue weighted by Crippen LogP contribution is 2.07. The van der Waals surface area contributed by atoms with Gasteiger partial charge in [-0.2, -0.15) is 0 Å². The second-order valence-electron chi connectivity index (χ2n) is 4.56. The summed E-state index contributed by atoms with van der Waals surface area (Å²) in [5, 5.41) is 0. The molecule has 2 aromatic carbocycles. The third kappa shape index (κ3) is 4.24. The minimum Gasteiger partial charge on any atom is -0.349 e. The summed E-state index contributed by atoms with van der Waals surface area (Å²) in [5.41, 5.74) is 0.854. The van der Waals surface area contributed by atoms with Crippen molar-refractivity contribution >= 4 is 11.6 Å². The van der Waals surface area contributed by atoms with Gasteiger partial charge in [0, 0.05) is 23.5 Å². The van der Waals surface area contributed by atoms with Crippen molar-refractivity contribution in [1.82, 2.24) is 9.97 Å². The number of benzene rings is 2. The lowest BCUT2D eigenvalue weighted by Gasteiger charge is -1.99. The summed E-state index contributed by atoms with van der Waals surface area (Å²) >= 11 is 0. The Morgan fingerprint density at radius 3 is 1.55 bits per heavy atom. The predicted molar refractivity (Wildman–Crippen MR) is 84.9 cm³/mol. The van der Waals surface area contributed by atoms with Gasteiger partial charge in [-0.05, 0) is 6.92 Å². The first kappa shape index (κ1) is 15.4. The number of carbonyl (C=O) groups excluding carboxylic acids is 2. The van der Waals surface area contributed by atoms with Crippen LogP contribution in [0.3, 0.4) is 0 Å². The van der Waals surface area contributed by atoms with Gasteiger partial charge in [-0.1, -0.05) is 60.7 Å². The Balaban J connectivity index is 0.000000246. The summed E-state index contributed by atoms with van der Waals surface area (Å²) in [7, 11) is 0. The average molecular weight is 292 g/mol. The van der Waals surface area contributed by atoms with Crippen molar-refractivity contribution in [3.8, 4) is 0 Å². The number of Topliss-reactive ketones (excluding diaryl/α,β-unsaturated/α-hetero) is 2. The monoisotopic (exact) mass is 292 g/mol. The zero-order valence-electron chi connectivity index (χ0n) is 12.2.